The van der Waals surface area contributed by atoms with Gasteiger partial charge in [0.25, 0.3) is 0 Å². The number of carbonyl (C=O) groups is 1. The molecule has 124 valence electrons. The quantitative estimate of drug-likeness (QED) is 0.741. The smallest absolute Gasteiger partial charge is 0.324 e. The normalized spacial score (nSPS) is 11.5. The fourth-order valence-corrected chi connectivity index (χ4v) is 3.62. The molecule has 1 N–H and O–H groups in total. The molecule has 1 aromatic carbocycles. The van der Waals surface area contributed by atoms with Gasteiger partial charge in [0, 0.05) is 0 Å². The number of anilines is 1. The van der Waals surface area contributed by atoms with Crippen molar-refractivity contribution in [1.82, 2.24) is 9.36 Å². The fraction of sp³-hybridized carbons (Fsp3) is 0.250. The summed E-state index contributed by atoms with van der Waals surface area (Å²) >= 11 is 9.51. The Morgan fingerprint density at radius 2 is 2.17 bits per heavy atom. The predicted molar refractivity (Wildman–Crippen MR) is 87.5 cm³/mol. The molecule has 0 fully saturated rings. The molecule has 0 saturated heterocycles. The number of nitrogens with one attached hydrogen (secondary N) is 1. The van der Waals surface area contributed by atoms with E-state index >= 15 is 0 Å². The zero-order valence-corrected chi connectivity index (χ0v) is 14.7. The highest BCUT2D eigenvalue weighted by molar-refractivity contribution is 8.01. The summed E-state index contributed by atoms with van der Waals surface area (Å²) in [5, 5.41) is 3.02. The first-order chi connectivity index (χ1) is 10.8. The second-order valence-corrected chi connectivity index (χ2v) is 7.23. The third kappa shape index (κ3) is 5.27. The molecule has 4 nitrogen and oxygen atoms in total. The van der Waals surface area contributed by atoms with Gasteiger partial charge in [-0.2, -0.15) is 17.5 Å². The average molecular weight is 400 g/mol. The Morgan fingerprint density at radius 3 is 2.78 bits per heavy atom. The summed E-state index contributed by atoms with van der Waals surface area (Å²) in [4.78, 5) is 16.0. The minimum Gasteiger partial charge on any atom is -0.324 e. The van der Waals surface area contributed by atoms with E-state index in [2.05, 4.69) is 14.7 Å². The van der Waals surface area contributed by atoms with Crippen molar-refractivity contribution in [3.8, 4) is 0 Å². The van der Waals surface area contributed by atoms with Gasteiger partial charge in [-0.1, -0.05) is 35.1 Å². The van der Waals surface area contributed by atoms with Crippen molar-refractivity contribution in [3.05, 3.63) is 28.8 Å². The zero-order valence-electron chi connectivity index (χ0n) is 11.5. The summed E-state index contributed by atoms with van der Waals surface area (Å²) in [6.07, 6.45) is -2.67. The van der Waals surface area contributed by atoms with Crippen molar-refractivity contribution in [3.63, 3.8) is 0 Å². The van der Waals surface area contributed by atoms with Crippen molar-refractivity contribution in [2.24, 2.45) is 0 Å². The highest BCUT2D eigenvalue weighted by Gasteiger charge is 2.31. The van der Waals surface area contributed by atoms with Crippen LogP contribution in [0.1, 0.15) is 5.56 Å². The highest BCUT2D eigenvalue weighted by Crippen LogP contribution is 2.34. The maximum atomic E-state index is 12.7. The molecule has 0 unspecified atom stereocenters. The van der Waals surface area contributed by atoms with Gasteiger partial charge < -0.3 is 5.32 Å². The summed E-state index contributed by atoms with van der Waals surface area (Å²) in [5.41, 5.74) is -0.951. The topological polar surface area (TPSA) is 54.9 Å². The molecular formula is C12H9ClF3N3OS3. The number of amides is 1. The van der Waals surface area contributed by atoms with Crippen LogP contribution in [-0.4, -0.2) is 27.3 Å². The van der Waals surface area contributed by atoms with Crippen LogP contribution >= 0.6 is 46.7 Å². The third-order valence-electron chi connectivity index (χ3n) is 2.47. The number of nitrogens with zero attached hydrogens (tertiary/aromatic N) is 2. The summed E-state index contributed by atoms with van der Waals surface area (Å²) in [6.45, 7) is 0. The van der Waals surface area contributed by atoms with Crippen molar-refractivity contribution < 1.29 is 18.0 Å². The van der Waals surface area contributed by atoms with Crippen LogP contribution in [0.15, 0.2) is 27.7 Å². The predicted octanol–water partition coefficient (Wildman–Crippen LogP) is 4.66. The summed E-state index contributed by atoms with van der Waals surface area (Å²) in [7, 11) is 0. The summed E-state index contributed by atoms with van der Waals surface area (Å²) in [5.74, 6) is -0.479. The van der Waals surface area contributed by atoms with Crippen LogP contribution in [0.2, 0.25) is 5.02 Å². The lowest BCUT2D eigenvalue weighted by molar-refractivity contribution is -0.137. The van der Waals surface area contributed by atoms with Gasteiger partial charge in [0.2, 0.25) is 11.1 Å². The number of hydrogen-bond donors (Lipinski definition) is 1. The van der Waals surface area contributed by atoms with Crippen molar-refractivity contribution in [1.29, 1.82) is 0 Å². The van der Waals surface area contributed by atoms with E-state index in [1.807, 2.05) is 6.26 Å². The molecule has 0 atom stereocenters. The monoisotopic (exact) mass is 399 g/mol. The van der Waals surface area contributed by atoms with Crippen molar-refractivity contribution in [2.75, 3.05) is 17.3 Å². The number of thioether (sulfide) groups is 2. The number of hydrogen-bond acceptors (Lipinski definition) is 6. The van der Waals surface area contributed by atoms with Gasteiger partial charge in [-0.3, -0.25) is 4.79 Å². The largest absolute Gasteiger partial charge is 0.416 e. The Kier molecular flexibility index (Phi) is 6.18. The molecule has 0 aliphatic carbocycles. The van der Waals surface area contributed by atoms with Crippen LogP contribution in [0.3, 0.4) is 0 Å². The first kappa shape index (κ1) is 18.4. The number of alkyl halides is 3. The van der Waals surface area contributed by atoms with Gasteiger partial charge in [0.1, 0.15) is 0 Å². The van der Waals surface area contributed by atoms with E-state index in [1.54, 1.807) is 0 Å². The third-order valence-corrected chi connectivity index (χ3v) is 5.29. The lowest BCUT2D eigenvalue weighted by Crippen LogP contribution is -2.15. The molecule has 0 saturated carbocycles. The number of aromatic nitrogens is 2. The van der Waals surface area contributed by atoms with E-state index in [1.165, 1.54) is 11.8 Å². The van der Waals surface area contributed by atoms with Crippen LogP contribution in [0, 0.1) is 0 Å². The Hall–Kier alpha value is -0.970. The average Bonchev–Trinajstić information content (AvgIpc) is 2.94. The van der Waals surface area contributed by atoms with Crippen LogP contribution in [0.4, 0.5) is 18.9 Å². The first-order valence-electron chi connectivity index (χ1n) is 5.96. The molecule has 2 aromatic rings. The van der Waals surface area contributed by atoms with Gasteiger partial charge in [-0.15, -0.1) is 0 Å². The molecule has 1 aromatic heterocycles. The van der Waals surface area contributed by atoms with Crippen LogP contribution in [0.5, 0.6) is 0 Å². The standard InChI is InChI=1S/C12H9ClF3N3OS3/c1-21-10-18-11(23-19-10)22-5-9(20)17-8-4-6(12(14,15)16)2-3-7(8)13/h2-4H,5H2,1H3,(H,17,20). The van der Waals surface area contributed by atoms with Gasteiger partial charge in [0.15, 0.2) is 4.34 Å². The Bertz CT molecular complexity index is 708. The molecule has 0 aliphatic rings. The second-order valence-electron chi connectivity index (χ2n) is 4.08. The van der Waals surface area contributed by atoms with Gasteiger partial charge in [-0.05, 0) is 36.0 Å². The molecule has 2 rings (SSSR count). The second kappa shape index (κ2) is 7.73. The van der Waals surface area contributed by atoms with Crippen molar-refractivity contribution >= 4 is 58.3 Å². The molecule has 0 aliphatic heterocycles. The molecular weight excluding hydrogens is 391 g/mol. The molecule has 11 heteroatoms. The number of benzene rings is 1. The Balaban J connectivity index is 1.99. The van der Waals surface area contributed by atoms with Crippen LogP contribution in [-0.2, 0) is 11.0 Å². The van der Waals surface area contributed by atoms with Crippen molar-refractivity contribution in [2.45, 2.75) is 15.7 Å². The molecule has 0 bridgehead atoms. The minimum absolute atomic E-state index is 0.00438. The Morgan fingerprint density at radius 1 is 1.43 bits per heavy atom. The number of carbonyl (C=O) groups excluding carboxylic acids is 1. The van der Waals surface area contributed by atoms with Crippen LogP contribution < -0.4 is 5.32 Å². The zero-order chi connectivity index (χ0) is 17.0. The minimum atomic E-state index is -4.50. The van der Waals surface area contributed by atoms with Gasteiger partial charge in [-0.25, -0.2) is 4.98 Å². The maximum absolute atomic E-state index is 12.7. The molecule has 1 amide bonds. The number of halogens is 4. The Labute approximate surface area is 147 Å². The van der Waals surface area contributed by atoms with E-state index in [0.29, 0.717) is 9.50 Å². The lowest BCUT2D eigenvalue weighted by atomic mass is 10.2. The molecule has 0 spiro atoms. The number of rotatable bonds is 5. The highest BCUT2D eigenvalue weighted by atomic mass is 35.5. The first-order valence-corrected chi connectivity index (χ1v) is 9.33. The fourth-order valence-electron chi connectivity index (χ4n) is 1.45. The summed E-state index contributed by atoms with van der Waals surface area (Å²) in [6, 6.07) is 2.77. The van der Waals surface area contributed by atoms with Gasteiger partial charge in [0.05, 0.1) is 22.0 Å². The van der Waals surface area contributed by atoms with E-state index in [0.717, 1.165) is 41.5 Å². The lowest BCUT2D eigenvalue weighted by Gasteiger charge is -2.11. The molecule has 23 heavy (non-hydrogen) atoms. The van der Waals surface area contributed by atoms with E-state index in [-0.39, 0.29) is 16.5 Å². The summed E-state index contributed by atoms with van der Waals surface area (Å²) < 4.78 is 42.7. The maximum Gasteiger partial charge on any atom is 0.416 e. The van der Waals surface area contributed by atoms with Crippen LogP contribution in [0.25, 0.3) is 0 Å². The van der Waals surface area contributed by atoms with E-state index in [4.69, 9.17) is 11.6 Å². The SMILES string of the molecule is CSc1nsc(SCC(=O)Nc2cc(C(F)(F)F)ccc2Cl)n1. The molecule has 0 radical (unpaired) electrons. The van der Waals surface area contributed by atoms with E-state index in [9.17, 15) is 18.0 Å². The van der Waals surface area contributed by atoms with E-state index < -0.39 is 17.6 Å². The molecule has 1 heterocycles. The van der Waals surface area contributed by atoms with Gasteiger partial charge >= 0.3 is 6.18 Å².